The summed E-state index contributed by atoms with van der Waals surface area (Å²) in [6.45, 7) is 3.41. The third kappa shape index (κ3) is 2.48. The van der Waals surface area contributed by atoms with Gasteiger partial charge in [0.2, 0.25) is 0 Å². The molecular weight excluding hydrogens is 236 g/mol. The molecule has 0 bridgehead atoms. The van der Waals surface area contributed by atoms with Crippen LogP contribution < -0.4 is 5.73 Å². The number of rotatable bonds is 3. The number of hydrogen-bond acceptors (Lipinski definition) is 3. The molecule has 0 atom stereocenters. The van der Waals surface area contributed by atoms with E-state index in [1.165, 1.54) is 25.7 Å². The lowest BCUT2D eigenvalue weighted by Crippen LogP contribution is -2.19. The first-order valence-corrected chi connectivity index (χ1v) is 6.88. The minimum absolute atomic E-state index is 0.413. The lowest BCUT2D eigenvalue weighted by Gasteiger charge is -2.25. The Labute approximate surface area is 113 Å². The van der Waals surface area contributed by atoms with Gasteiger partial charge in [0.1, 0.15) is 5.82 Å². The summed E-state index contributed by atoms with van der Waals surface area (Å²) in [4.78, 5) is 8.46. The third-order valence-corrected chi connectivity index (χ3v) is 4.16. The fourth-order valence-electron chi connectivity index (χ4n) is 3.04. The smallest absolute Gasteiger partial charge is 0.123 e. The monoisotopic (exact) mass is 256 g/mol. The molecule has 1 fully saturated rings. The molecule has 2 aromatic rings. The van der Waals surface area contributed by atoms with E-state index in [9.17, 15) is 0 Å². The van der Waals surface area contributed by atoms with Crippen molar-refractivity contribution in [2.75, 3.05) is 5.73 Å². The number of hydrogen-bond donors (Lipinski definition) is 1. The van der Waals surface area contributed by atoms with Gasteiger partial charge in [0, 0.05) is 18.3 Å². The molecule has 2 heterocycles. The summed E-state index contributed by atoms with van der Waals surface area (Å²) in [6.07, 6.45) is 11.0. The van der Waals surface area contributed by atoms with E-state index >= 15 is 0 Å². The first-order chi connectivity index (χ1) is 9.16. The molecule has 0 amide bonds. The van der Waals surface area contributed by atoms with Gasteiger partial charge in [0.15, 0.2) is 0 Å². The van der Waals surface area contributed by atoms with Crippen molar-refractivity contribution in [2.24, 2.45) is 5.41 Å². The average Bonchev–Trinajstić information content (AvgIpc) is 3.00. The van der Waals surface area contributed by atoms with Gasteiger partial charge in [-0.1, -0.05) is 19.8 Å². The van der Waals surface area contributed by atoms with E-state index in [0.29, 0.717) is 11.2 Å². The molecule has 2 N–H and O–H groups in total. The maximum Gasteiger partial charge on any atom is 0.123 e. The van der Waals surface area contributed by atoms with Crippen LogP contribution in [0.5, 0.6) is 0 Å². The summed E-state index contributed by atoms with van der Waals surface area (Å²) >= 11 is 0. The van der Waals surface area contributed by atoms with E-state index in [1.807, 2.05) is 30.9 Å². The molecule has 100 valence electrons. The van der Waals surface area contributed by atoms with E-state index in [2.05, 4.69) is 21.5 Å². The molecule has 0 unspecified atom stereocenters. The molecule has 0 aliphatic heterocycles. The number of nitrogens with two attached hydrogens (primary N) is 1. The van der Waals surface area contributed by atoms with Crippen LogP contribution in [0.4, 0.5) is 5.82 Å². The van der Waals surface area contributed by atoms with Crippen molar-refractivity contribution in [3.8, 4) is 11.3 Å². The molecule has 4 heteroatoms. The van der Waals surface area contributed by atoms with Gasteiger partial charge in [-0.3, -0.25) is 0 Å². The summed E-state index contributed by atoms with van der Waals surface area (Å²) in [5.74, 6) is 0.553. The van der Waals surface area contributed by atoms with E-state index in [1.54, 1.807) is 0 Å². The van der Waals surface area contributed by atoms with Gasteiger partial charge in [0.05, 0.1) is 18.2 Å². The molecule has 0 radical (unpaired) electrons. The van der Waals surface area contributed by atoms with E-state index in [0.717, 1.165) is 17.8 Å². The van der Waals surface area contributed by atoms with Gasteiger partial charge in [-0.15, -0.1) is 0 Å². The normalized spacial score (nSPS) is 17.7. The van der Waals surface area contributed by atoms with Gasteiger partial charge in [-0.2, -0.15) is 0 Å². The maximum absolute atomic E-state index is 5.64. The zero-order chi connectivity index (χ0) is 13.3. The van der Waals surface area contributed by atoms with Crippen LogP contribution in [0.25, 0.3) is 11.3 Å². The SMILES string of the molecule is CC1(Cn2cncc2-c2ccc(N)nc2)CCCC1. The zero-order valence-electron chi connectivity index (χ0n) is 11.3. The van der Waals surface area contributed by atoms with Gasteiger partial charge < -0.3 is 10.3 Å². The lowest BCUT2D eigenvalue weighted by molar-refractivity contribution is 0.283. The van der Waals surface area contributed by atoms with E-state index in [-0.39, 0.29) is 0 Å². The Morgan fingerprint density at radius 2 is 2.05 bits per heavy atom. The van der Waals surface area contributed by atoms with Crippen LogP contribution in [0.2, 0.25) is 0 Å². The molecule has 3 rings (SSSR count). The molecule has 2 aromatic heterocycles. The Morgan fingerprint density at radius 3 is 2.74 bits per heavy atom. The van der Waals surface area contributed by atoms with Crippen molar-refractivity contribution in [3.63, 3.8) is 0 Å². The Bertz CT molecular complexity index is 550. The highest BCUT2D eigenvalue weighted by Crippen LogP contribution is 2.39. The summed E-state index contributed by atoms with van der Waals surface area (Å²) in [6, 6.07) is 3.84. The van der Waals surface area contributed by atoms with Gasteiger partial charge in [0.25, 0.3) is 0 Å². The quantitative estimate of drug-likeness (QED) is 0.918. The summed E-state index contributed by atoms with van der Waals surface area (Å²) in [5, 5.41) is 0. The second kappa shape index (κ2) is 4.68. The Morgan fingerprint density at radius 1 is 1.26 bits per heavy atom. The van der Waals surface area contributed by atoms with Crippen LogP contribution >= 0.6 is 0 Å². The van der Waals surface area contributed by atoms with Crippen molar-refractivity contribution in [1.29, 1.82) is 0 Å². The first kappa shape index (κ1) is 12.2. The Hall–Kier alpha value is -1.84. The van der Waals surface area contributed by atoms with Crippen molar-refractivity contribution in [2.45, 2.75) is 39.2 Å². The van der Waals surface area contributed by atoms with Gasteiger partial charge in [-0.05, 0) is 30.4 Å². The minimum atomic E-state index is 0.413. The van der Waals surface area contributed by atoms with Crippen LogP contribution in [0.15, 0.2) is 30.9 Å². The number of nitrogens with zero attached hydrogens (tertiary/aromatic N) is 3. The topological polar surface area (TPSA) is 56.7 Å². The van der Waals surface area contributed by atoms with Crippen LogP contribution in [0, 0.1) is 5.41 Å². The Balaban J connectivity index is 1.88. The van der Waals surface area contributed by atoms with E-state index in [4.69, 9.17) is 5.73 Å². The second-order valence-electron chi connectivity index (χ2n) is 5.90. The third-order valence-electron chi connectivity index (χ3n) is 4.16. The predicted molar refractivity (Wildman–Crippen MR) is 76.4 cm³/mol. The molecular formula is C15H20N4. The number of anilines is 1. The molecule has 1 saturated carbocycles. The molecule has 4 nitrogen and oxygen atoms in total. The number of imidazole rings is 1. The van der Waals surface area contributed by atoms with Gasteiger partial charge >= 0.3 is 0 Å². The molecule has 0 spiro atoms. The van der Waals surface area contributed by atoms with Crippen molar-refractivity contribution >= 4 is 5.82 Å². The highest BCUT2D eigenvalue weighted by atomic mass is 15.1. The van der Waals surface area contributed by atoms with Crippen LogP contribution in [-0.2, 0) is 6.54 Å². The fraction of sp³-hybridized carbons (Fsp3) is 0.467. The predicted octanol–water partition coefficient (Wildman–Crippen LogP) is 3.11. The standard InChI is InChI=1S/C15H20N4/c1-15(6-2-3-7-15)10-19-11-17-9-13(19)12-4-5-14(16)18-8-12/h4-5,8-9,11H,2-3,6-7,10H2,1H3,(H2,16,18). The zero-order valence-corrected chi connectivity index (χ0v) is 11.3. The minimum Gasteiger partial charge on any atom is -0.384 e. The summed E-state index contributed by atoms with van der Waals surface area (Å²) in [7, 11) is 0. The average molecular weight is 256 g/mol. The molecule has 1 aliphatic carbocycles. The highest BCUT2D eigenvalue weighted by molar-refractivity contribution is 5.59. The molecule has 0 saturated heterocycles. The summed E-state index contributed by atoms with van der Waals surface area (Å²) < 4.78 is 2.25. The van der Waals surface area contributed by atoms with Gasteiger partial charge in [-0.25, -0.2) is 9.97 Å². The Kier molecular flexibility index (Phi) is 3.01. The van der Waals surface area contributed by atoms with Crippen LogP contribution in [-0.4, -0.2) is 14.5 Å². The second-order valence-corrected chi connectivity index (χ2v) is 5.90. The highest BCUT2D eigenvalue weighted by Gasteiger charge is 2.29. The van der Waals surface area contributed by atoms with Crippen LogP contribution in [0.1, 0.15) is 32.6 Å². The van der Waals surface area contributed by atoms with E-state index < -0.39 is 0 Å². The molecule has 1 aliphatic rings. The fourth-order valence-corrected chi connectivity index (χ4v) is 3.04. The maximum atomic E-state index is 5.64. The number of aromatic nitrogens is 3. The molecule has 0 aromatic carbocycles. The summed E-state index contributed by atoms with van der Waals surface area (Å²) in [5.41, 5.74) is 8.25. The molecule has 19 heavy (non-hydrogen) atoms. The number of nitrogen functional groups attached to an aromatic ring is 1. The van der Waals surface area contributed by atoms with Crippen molar-refractivity contribution in [1.82, 2.24) is 14.5 Å². The number of pyridine rings is 1. The first-order valence-electron chi connectivity index (χ1n) is 6.88. The van der Waals surface area contributed by atoms with Crippen molar-refractivity contribution < 1.29 is 0 Å². The van der Waals surface area contributed by atoms with Crippen LogP contribution in [0.3, 0.4) is 0 Å². The largest absolute Gasteiger partial charge is 0.384 e. The lowest BCUT2D eigenvalue weighted by atomic mass is 9.88. The van der Waals surface area contributed by atoms with Crippen molar-refractivity contribution in [3.05, 3.63) is 30.9 Å².